The predicted molar refractivity (Wildman–Crippen MR) is 71.3 cm³/mol. The molecule has 96 valence electrons. The minimum Gasteiger partial charge on any atom is -0.380 e. The van der Waals surface area contributed by atoms with E-state index in [1.165, 1.54) is 11.3 Å². The number of anilines is 1. The first-order valence-electron chi connectivity index (χ1n) is 5.56. The van der Waals surface area contributed by atoms with Gasteiger partial charge in [-0.05, 0) is 19.1 Å². The summed E-state index contributed by atoms with van der Waals surface area (Å²) in [6.07, 6.45) is 0. The summed E-state index contributed by atoms with van der Waals surface area (Å²) in [5.74, 6) is 0. The molecule has 2 aromatic rings. The first kappa shape index (κ1) is 12.7. The van der Waals surface area contributed by atoms with Gasteiger partial charge in [0.15, 0.2) is 5.52 Å². The highest BCUT2D eigenvalue weighted by molar-refractivity contribution is 7.16. The van der Waals surface area contributed by atoms with Crippen LogP contribution in [0.1, 0.15) is 6.92 Å². The van der Waals surface area contributed by atoms with Gasteiger partial charge in [0.25, 0.3) is 0 Å². The molecule has 0 radical (unpaired) electrons. The third kappa shape index (κ3) is 2.57. The molecule has 1 heterocycles. The van der Waals surface area contributed by atoms with Crippen molar-refractivity contribution in [2.45, 2.75) is 6.92 Å². The molecule has 0 saturated heterocycles. The molecule has 0 unspecified atom stereocenters. The Labute approximate surface area is 108 Å². The zero-order valence-corrected chi connectivity index (χ0v) is 10.7. The quantitative estimate of drug-likeness (QED) is 0.494. The smallest absolute Gasteiger partial charge is 0.319 e. The number of ether oxygens (including phenoxy) is 1. The topological polar surface area (TPSA) is 77.3 Å². The Morgan fingerprint density at radius 2 is 2.39 bits per heavy atom. The molecule has 1 N–H and O–H groups in total. The zero-order chi connectivity index (χ0) is 13.0. The van der Waals surface area contributed by atoms with Gasteiger partial charge in [0, 0.05) is 13.2 Å². The number of nitrogens with zero attached hydrogens (tertiary/aromatic N) is 2. The van der Waals surface area contributed by atoms with Crippen LogP contribution in [0.3, 0.4) is 0 Å². The van der Waals surface area contributed by atoms with Crippen LogP contribution >= 0.6 is 11.3 Å². The van der Waals surface area contributed by atoms with Gasteiger partial charge in [-0.15, -0.1) is 11.3 Å². The Morgan fingerprint density at radius 3 is 3.11 bits per heavy atom. The second-order valence-corrected chi connectivity index (χ2v) is 4.43. The predicted octanol–water partition coefficient (Wildman–Crippen LogP) is 2.65. The van der Waals surface area contributed by atoms with Crippen molar-refractivity contribution < 1.29 is 9.66 Å². The Bertz CT molecular complexity index is 555. The van der Waals surface area contributed by atoms with Crippen LogP contribution in [0.15, 0.2) is 17.6 Å². The van der Waals surface area contributed by atoms with Crippen molar-refractivity contribution in [1.29, 1.82) is 0 Å². The number of hydrogen-bond donors (Lipinski definition) is 1. The molecule has 6 nitrogen and oxygen atoms in total. The maximum Gasteiger partial charge on any atom is 0.319 e. The number of fused-ring (bicyclic) bond motifs is 1. The van der Waals surface area contributed by atoms with Crippen molar-refractivity contribution in [2.24, 2.45) is 0 Å². The number of nitrogens with one attached hydrogen (secondary N) is 1. The third-order valence-electron chi connectivity index (χ3n) is 2.42. The Balaban J connectivity index is 2.25. The minimum absolute atomic E-state index is 0.0326. The molecule has 0 saturated carbocycles. The molecular weight excluding hydrogens is 254 g/mol. The number of thiazole rings is 1. The lowest BCUT2D eigenvalue weighted by Gasteiger charge is -2.07. The van der Waals surface area contributed by atoms with E-state index in [1.54, 1.807) is 11.6 Å². The Hall–Kier alpha value is -1.73. The second kappa shape index (κ2) is 5.74. The van der Waals surface area contributed by atoms with Crippen molar-refractivity contribution >= 4 is 32.9 Å². The highest BCUT2D eigenvalue weighted by atomic mass is 32.1. The number of benzene rings is 1. The van der Waals surface area contributed by atoms with Gasteiger partial charge < -0.3 is 10.1 Å². The van der Waals surface area contributed by atoms with Gasteiger partial charge >= 0.3 is 5.69 Å². The summed E-state index contributed by atoms with van der Waals surface area (Å²) < 4.78 is 6.00. The number of nitro groups is 1. The summed E-state index contributed by atoms with van der Waals surface area (Å²) in [6, 6.07) is 3.55. The molecule has 1 aromatic heterocycles. The van der Waals surface area contributed by atoms with E-state index in [0.29, 0.717) is 31.0 Å². The van der Waals surface area contributed by atoms with E-state index < -0.39 is 4.92 Å². The fraction of sp³-hybridized carbons (Fsp3) is 0.364. The zero-order valence-electron chi connectivity index (χ0n) is 9.88. The summed E-state index contributed by atoms with van der Waals surface area (Å²) in [6.45, 7) is 3.59. The molecule has 7 heteroatoms. The van der Waals surface area contributed by atoms with Crippen molar-refractivity contribution in [3.8, 4) is 0 Å². The molecule has 0 atom stereocenters. The molecule has 0 amide bonds. The van der Waals surface area contributed by atoms with E-state index in [4.69, 9.17) is 4.74 Å². The molecule has 0 aliphatic heterocycles. The van der Waals surface area contributed by atoms with E-state index in [-0.39, 0.29) is 5.69 Å². The number of rotatable bonds is 6. The van der Waals surface area contributed by atoms with Crippen LogP contribution in [0.5, 0.6) is 0 Å². The normalized spacial score (nSPS) is 10.7. The monoisotopic (exact) mass is 267 g/mol. The standard InChI is InChI=1S/C11H13N3O3S/c1-2-17-6-5-12-8-3-4-9-10(13-7-18-9)11(8)14(15)16/h3-4,7,12H,2,5-6H2,1H3. The molecular formula is C11H13N3O3S. The van der Waals surface area contributed by atoms with Gasteiger partial charge in [0.05, 0.1) is 21.7 Å². The molecule has 0 bridgehead atoms. The average Bonchev–Trinajstić information content (AvgIpc) is 2.81. The van der Waals surface area contributed by atoms with Crippen molar-refractivity contribution in [1.82, 2.24) is 4.98 Å². The van der Waals surface area contributed by atoms with E-state index in [2.05, 4.69) is 10.3 Å². The maximum absolute atomic E-state index is 11.1. The molecule has 0 aliphatic rings. The van der Waals surface area contributed by atoms with Crippen LogP contribution < -0.4 is 5.32 Å². The number of aromatic nitrogens is 1. The molecule has 18 heavy (non-hydrogen) atoms. The van der Waals surface area contributed by atoms with Crippen LogP contribution in [0, 0.1) is 10.1 Å². The molecule has 0 spiro atoms. The first-order chi connectivity index (χ1) is 8.74. The second-order valence-electron chi connectivity index (χ2n) is 3.54. The van der Waals surface area contributed by atoms with Crippen LogP contribution in [-0.2, 0) is 4.74 Å². The SMILES string of the molecule is CCOCCNc1ccc2scnc2c1[N+](=O)[O-]. The summed E-state index contributed by atoms with van der Waals surface area (Å²) in [5.41, 5.74) is 2.57. The van der Waals surface area contributed by atoms with Gasteiger partial charge in [-0.25, -0.2) is 4.98 Å². The largest absolute Gasteiger partial charge is 0.380 e. The summed E-state index contributed by atoms with van der Waals surface area (Å²) in [7, 11) is 0. The highest BCUT2D eigenvalue weighted by Crippen LogP contribution is 2.34. The van der Waals surface area contributed by atoms with E-state index in [9.17, 15) is 10.1 Å². The van der Waals surface area contributed by atoms with Gasteiger partial charge in [0.2, 0.25) is 0 Å². The molecule has 0 aliphatic carbocycles. The van der Waals surface area contributed by atoms with Crippen LogP contribution in [0.4, 0.5) is 11.4 Å². The molecule has 1 aromatic carbocycles. The lowest BCUT2D eigenvalue weighted by molar-refractivity contribution is -0.382. The Kier molecular flexibility index (Phi) is 4.06. The maximum atomic E-state index is 11.1. The van der Waals surface area contributed by atoms with E-state index in [0.717, 1.165) is 4.70 Å². The summed E-state index contributed by atoms with van der Waals surface area (Å²) in [4.78, 5) is 14.8. The fourth-order valence-corrected chi connectivity index (χ4v) is 2.33. The molecule has 0 fully saturated rings. The Morgan fingerprint density at radius 1 is 1.56 bits per heavy atom. The van der Waals surface area contributed by atoms with Crippen molar-refractivity contribution in [2.75, 3.05) is 25.1 Å². The summed E-state index contributed by atoms with van der Waals surface area (Å²) in [5, 5.41) is 14.1. The van der Waals surface area contributed by atoms with Crippen LogP contribution in [-0.4, -0.2) is 29.7 Å². The van der Waals surface area contributed by atoms with Crippen LogP contribution in [0.25, 0.3) is 10.2 Å². The highest BCUT2D eigenvalue weighted by Gasteiger charge is 2.20. The number of nitro benzene ring substituents is 1. The lowest BCUT2D eigenvalue weighted by atomic mass is 10.2. The fourth-order valence-electron chi connectivity index (χ4n) is 1.65. The van der Waals surface area contributed by atoms with E-state index >= 15 is 0 Å². The van der Waals surface area contributed by atoms with E-state index in [1.807, 2.05) is 13.0 Å². The summed E-state index contributed by atoms with van der Waals surface area (Å²) >= 11 is 1.39. The van der Waals surface area contributed by atoms with Crippen LogP contribution in [0.2, 0.25) is 0 Å². The van der Waals surface area contributed by atoms with Gasteiger partial charge in [-0.1, -0.05) is 0 Å². The van der Waals surface area contributed by atoms with Gasteiger partial charge in [-0.3, -0.25) is 10.1 Å². The lowest BCUT2D eigenvalue weighted by Crippen LogP contribution is -2.10. The first-order valence-corrected chi connectivity index (χ1v) is 6.44. The van der Waals surface area contributed by atoms with Crippen molar-refractivity contribution in [3.63, 3.8) is 0 Å². The molecule has 2 rings (SSSR count). The average molecular weight is 267 g/mol. The minimum atomic E-state index is -0.398. The third-order valence-corrected chi connectivity index (χ3v) is 3.22. The van der Waals surface area contributed by atoms with Gasteiger partial charge in [-0.2, -0.15) is 0 Å². The van der Waals surface area contributed by atoms with Crippen molar-refractivity contribution in [3.05, 3.63) is 27.8 Å². The van der Waals surface area contributed by atoms with Gasteiger partial charge in [0.1, 0.15) is 5.69 Å². The number of hydrogen-bond acceptors (Lipinski definition) is 6.